The predicted octanol–water partition coefficient (Wildman–Crippen LogP) is 3.47. The van der Waals surface area contributed by atoms with E-state index in [9.17, 15) is 4.79 Å². The number of nitrogens with one attached hydrogen (secondary N) is 1. The highest BCUT2D eigenvalue weighted by Gasteiger charge is 2.40. The number of hydrogen-bond donors (Lipinski definition) is 1. The molecule has 114 valence electrons. The van der Waals surface area contributed by atoms with E-state index in [4.69, 9.17) is 9.47 Å². The van der Waals surface area contributed by atoms with Crippen LogP contribution >= 0.6 is 0 Å². The Kier molecular flexibility index (Phi) is 4.04. The molecule has 2 aliphatic carbocycles. The van der Waals surface area contributed by atoms with Crippen LogP contribution in [0.15, 0.2) is 18.2 Å². The molecule has 0 unspecified atom stereocenters. The molecule has 1 amide bonds. The van der Waals surface area contributed by atoms with Crippen LogP contribution in [-0.2, 0) is 4.79 Å². The summed E-state index contributed by atoms with van der Waals surface area (Å²) in [5.41, 5.74) is 0.736. The molecule has 2 bridgehead atoms. The van der Waals surface area contributed by atoms with Gasteiger partial charge in [-0.25, -0.2) is 0 Å². The van der Waals surface area contributed by atoms with Crippen molar-refractivity contribution in [1.82, 2.24) is 0 Å². The van der Waals surface area contributed by atoms with Gasteiger partial charge in [-0.05, 0) is 37.0 Å². The van der Waals surface area contributed by atoms with Crippen molar-refractivity contribution < 1.29 is 14.3 Å². The molecule has 2 saturated carbocycles. The van der Waals surface area contributed by atoms with Crippen LogP contribution in [0.25, 0.3) is 0 Å². The number of ether oxygens (including phenoxy) is 2. The molecule has 0 saturated heterocycles. The second-order valence-electron chi connectivity index (χ2n) is 6.29. The first-order valence-electron chi connectivity index (χ1n) is 7.71. The van der Waals surface area contributed by atoms with Gasteiger partial charge in [0.15, 0.2) is 0 Å². The summed E-state index contributed by atoms with van der Waals surface area (Å²) in [5, 5.41) is 2.98. The van der Waals surface area contributed by atoms with Crippen molar-refractivity contribution in [3.05, 3.63) is 18.2 Å². The minimum absolute atomic E-state index is 0.0999. The third-order valence-corrected chi connectivity index (χ3v) is 4.97. The predicted molar refractivity (Wildman–Crippen MR) is 81.7 cm³/mol. The first-order chi connectivity index (χ1) is 10.2. The molecule has 3 rings (SSSR count). The Labute approximate surface area is 125 Å². The minimum atomic E-state index is 0.0999. The number of hydrogen-bond acceptors (Lipinski definition) is 3. The van der Waals surface area contributed by atoms with Gasteiger partial charge in [0.2, 0.25) is 5.91 Å². The van der Waals surface area contributed by atoms with Gasteiger partial charge in [-0.3, -0.25) is 4.79 Å². The molecule has 4 heteroatoms. The number of fused-ring (bicyclic) bond motifs is 2. The number of carbonyl (C=O) groups excluding carboxylic acids is 1. The molecule has 1 aromatic rings. The lowest BCUT2D eigenvalue weighted by Gasteiger charge is -2.21. The van der Waals surface area contributed by atoms with Gasteiger partial charge in [0.25, 0.3) is 0 Å². The zero-order valence-electron chi connectivity index (χ0n) is 12.7. The van der Waals surface area contributed by atoms with E-state index in [1.54, 1.807) is 20.3 Å². The van der Waals surface area contributed by atoms with E-state index in [1.165, 1.54) is 25.7 Å². The zero-order valence-corrected chi connectivity index (χ0v) is 12.7. The highest BCUT2D eigenvalue weighted by molar-refractivity contribution is 5.91. The molecule has 21 heavy (non-hydrogen) atoms. The summed E-state index contributed by atoms with van der Waals surface area (Å²) in [6.07, 6.45) is 5.90. The molecular weight excluding hydrogens is 266 g/mol. The van der Waals surface area contributed by atoms with Crippen molar-refractivity contribution in [3.63, 3.8) is 0 Å². The van der Waals surface area contributed by atoms with E-state index in [0.717, 1.165) is 17.5 Å². The summed E-state index contributed by atoms with van der Waals surface area (Å²) >= 11 is 0. The fourth-order valence-corrected chi connectivity index (χ4v) is 3.96. The average molecular weight is 289 g/mol. The van der Waals surface area contributed by atoms with Gasteiger partial charge in [-0.15, -0.1) is 0 Å². The van der Waals surface area contributed by atoms with Crippen molar-refractivity contribution in [2.75, 3.05) is 19.5 Å². The number of carbonyl (C=O) groups is 1. The number of rotatable bonds is 5. The molecule has 0 radical (unpaired) electrons. The molecule has 0 aromatic heterocycles. The lowest BCUT2D eigenvalue weighted by Crippen LogP contribution is -2.20. The van der Waals surface area contributed by atoms with Crippen molar-refractivity contribution in [3.8, 4) is 11.5 Å². The van der Waals surface area contributed by atoms with Gasteiger partial charge < -0.3 is 14.8 Å². The van der Waals surface area contributed by atoms with Crippen LogP contribution in [0.2, 0.25) is 0 Å². The summed E-state index contributed by atoms with van der Waals surface area (Å²) < 4.78 is 10.4. The number of anilines is 1. The van der Waals surface area contributed by atoms with Gasteiger partial charge in [0.05, 0.1) is 14.2 Å². The average Bonchev–Trinajstić information content (AvgIpc) is 3.09. The first-order valence-corrected chi connectivity index (χ1v) is 7.71. The number of amides is 1. The van der Waals surface area contributed by atoms with Gasteiger partial charge in [0, 0.05) is 30.3 Å². The fraction of sp³-hybridized carbons (Fsp3) is 0.588. The first kappa shape index (κ1) is 14.2. The summed E-state index contributed by atoms with van der Waals surface area (Å²) in [7, 11) is 3.21. The van der Waals surface area contributed by atoms with E-state index in [-0.39, 0.29) is 5.91 Å². The van der Waals surface area contributed by atoms with Crippen LogP contribution < -0.4 is 14.8 Å². The molecule has 4 nitrogen and oxygen atoms in total. The zero-order chi connectivity index (χ0) is 14.8. The number of methoxy groups -OCH3 is 2. The minimum Gasteiger partial charge on any atom is -0.497 e. The van der Waals surface area contributed by atoms with Gasteiger partial charge in [-0.2, -0.15) is 0 Å². The normalized spacial score (nSPS) is 26.7. The smallest absolute Gasteiger partial charge is 0.224 e. The van der Waals surface area contributed by atoms with Gasteiger partial charge >= 0.3 is 0 Å². The van der Waals surface area contributed by atoms with Crippen LogP contribution in [-0.4, -0.2) is 20.1 Å². The Balaban J connectivity index is 1.61. The lowest BCUT2D eigenvalue weighted by atomic mass is 9.86. The second kappa shape index (κ2) is 5.96. The maximum absolute atomic E-state index is 12.3. The van der Waals surface area contributed by atoms with Crippen LogP contribution in [0, 0.1) is 17.8 Å². The second-order valence-corrected chi connectivity index (χ2v) is 6.29. The molecular formula is C17H23NO3. The maximum atomic E-state index is 12.3. The quantitative estimate of drug-likeness (QED) is 0.903. The Bertz CT molecular complexity index is 507. The van der Waals surface area contributed by atoms with Crippen molar-refractivity contribution in [1.29, 1.82) is 0 Å². The third-order valence-electron chi connectivity index (χ3n) is 4.97. The fourth-order valence-electron chi connectivity index (χ4n) is 3.96. The van der Waals surface area contributed by atoms with Crippen molar-refractivity contribution >= 4 is 11.6 Å². The monoisotopic (exact) mass is 289 g/mol. The van der Waals surface area contributed by atoms with E-state index >= 15 is 0 Å². The lowest BCUT2D eigenvalue weighted by molar-refractivity contribution is -0.117. The van der Waals surface area contributed by atoms with Crippen molar-refractivity contribution in [2.45, 2.75) is 32.1 Å². The molecule has 2 fully saturated rings. The van der Waals surface area contributed by atoms with Crippen LogP contribution in [0.1, 0.15) is 32.1 Å². The third kappa shape index (κ3) is 3.14. The highest BCUT2D eigenvalue weighted by atomic mass is 16.5. The SMILES string of the molecule is COc1cc(NC(=O)C[C@H]2C[C@H]3CC[C@H]2C3)cc(OC)c1. The standard InChI is InChI=1S/C17H23NO3/c1-20-15-8-14(9-16(10-15)21-2)18-17(19)7-13-6-11-3-4-12(13)5-11/h8-13H,3-7H2,1-2H3,(H,18,19)/t11-,12-,13+/m0/s1. The number of benzene rings is 1. The van der Waals surface area contributed by atoms with Crippen LogP contribution in [0.4, 0.5) is 5.69 Å². The largest absolute Gasteiger partial charge is 0.497 e. The molecule has 0 spiro atoms. The molecule has 1 aromatic carbocycles. The molecule has 2 aliphatic rings. The van der Waals surface area contributed by atoms with Gasteiger partial charge in [0.1, 0.15) is 11.5 Å². The highest BCUT2D eigenvalue weighted by Crippen LogP contribution is 2.49. The topological polar surface area (TPSA) is 47.6 Å². The molecule has 0 aliphatic heterocycles. The Morgan fingerprint density at radius 1 is 1.14 bits per heavy atom. The van der Waals surface area contributed by atoms with Crippen molar-refractivity contribution in [2.24, 2.45) is 17.8 Å². The van der Waals surface area contributed by atoms with Crippen LogP contribution in [0.3, 0.4) is 0 Å². The maximum Gasteiger partial charge on any atom is 0.224 e. The van der Waals surface area contributed by atoms with Crippen LogP contribution in [0.5, 0.6) is 11.5 Å². The Morgan fingerprint density at radius 3 is 2.38 bits per heavy atom. The van der Waals surface area contributed by atoms with E-state index in [2.05, 4.69) is 5.32 Å². The summed E-state index contributed by atoms with van der Waals surface area (Å²) in [6, 6.07) is 5.44. The summed E-state index contributed by atoms with van der Waals surface area (Å²) in [6.45, 7) is 0. The summed E-state index contributed by atoms with van der Waals surface area (Å²) in [4.78, 5) is 12.3. The Hall–Kier alpha value is -1.71. The van der Waals surface area contributed by atoms with E-state index in [1.807, 2.05) is 12.1 Å². The van der Waals surface area contributed by atoms with Gasteiger partial charge in [-0.1, -0.05) is 6.42 Å². The summed E-state index contributed by atoms with van der Waals surface area (Å²) in [5.74, 6) is 3.71. The molecule has 1 N–H and O–H groups in total. The molecule has 3 atom stereocenters. The molecule has 0 heterocycles. The Morgan fingerprint density at radius 2 is 1.86 bits per heavy atom. The van der Waals surface area contributed by atoms with E-state index in [0.29, 0.717) is 23.8 Å². The van der Waals surface area contributed by atoms with E-state index < -0.39 is 0 Å².